The minimum atomic E-state index is 0.0823. The van der Waals surface area contributed by atoms with Gasteiger partial charge in [-0.15, -0.1) is 0 Å². The number of carbonyl (C=O) groups excluding carboxylic acids is 1. The standard InChI is InChI=1S/C17H28N2O/c1-4-13-18-12(7-9(2)3)17(20)19(13)16-14-10-5-6-11(8-10)15(14)16/h9-16,18H,4-8H2,1-3H3. The molecular weight excluding hydrogens is 248 g/mol. The van der Waals surface area contributed by atoms with Gasteiger partial charge in [0.25, 0.3) is 0 Å². The van der Waals surface area contributed by atoms with Crippen molar-refractivity contribution < 1.29 is 4.79 Å². The Bertz CT molecular complexity index is 405. The van der Waals surface area contributed by atoms with Gasteiger partial charge in [-0.05, 0) is 61.7 Å². The zero-order valence-corrected chi connectivity index (χ0v) is 13.0. The summed E-state index contributed by atoms with van der Waals surface area (Å²) in [5.74, 6) is 4.62. The molecule has 3 heteroatoms. The predicted octanol–water partition coefficient (Wildman–Crippen LogP) is 2.61. The molecule has 0 radical (unpaired) electrons. The number of nitrogens with one attached hydrogen (secondary N) is 1. The smallest absolute Gasteiger partial charge is 0.241 e. The first-order valence-corrected chi connectivity index (χ1v) is 8.70. The zero-order chi connectivity index (χ0) is 14.0. The van der Waals surface area contributed by atoms with Gasteiger partial charge in [0.2, 0.25) is 5.91 Å². The highest BCUT2D eigenvalue weighted by molar-refractivity contribution is 5.85. The first-order chi connectivity index (χ1) is 9.61. The van der Waals surface area contributed by atoms with Gasteiger partial charge in [-0.25, -0.2) is 0 Å². The summed E-state index contributed by atoms with van der Waals surface area (Å²) < 4.78 is 0. The van der Waals surface area contributed by atoms with Crippen LogP contribution in [0.3, 0.4) is 0 Å². The fourth-order valence-corrected chi connectivity index (χ4v) is 5.68. The first-order valence-electron chi connectivity index (χ1n) is 8.70. The number of rotatable bonds is 4. The van der Waals surface area contributed by atoms with E-state index in [1.807, 2.05) is 0 Å². The summed E-state index contributed by atoms with van der Waals surface area (Å²) in [5, 5.41) is 3.61. The van der Waals surface area contributed by atoms with Crippen LogP contribution in [0.15, 0.2) is 0 Å². The monoisotopic (exact) mass is 276 g/mol. The Morgan fingerprint density at radius 1 is 1.25 bits per heavy atom. The molecule has 1 amide bonds. The third-order valence-corrected chi connectivity index (χ3v) is 6.39. The van der Waals surface area contributed by atoms with Crippen molar-refractivity contribution >= 4 is 5.91 Å². The van der Waals surface area contributed by atoms with E-state index < -0.39 is 0 Å². The van der Waals surface area contributed by atoms with Crippen molar-refractivity contribution in [3.63, 3.8) is 0 Å². The van der Waals surface area contributed by atoms with Gasteiger partial charge < -0.3 is 4.90 Å². The molecule has 0 spiro atoms. The van der Waals surface area contributed by atoms with Gasteiger partial charge in [0.1, 0.15) is 0 Å². The second-order valence-corrected chi connectivity index (χ2v) is 8.00. The number of carbonyl (C=O) groups is 1. The first kappa shape index (κ1) is 13.1. The van der Waals surface area contributed by atoms with Gasteiger partial charge in [-0.1, -0.05) is 20.8 Å². The maximum absolute atomic E-state index is 12.8. The molecule has 4 aliphatic rings. The van der Waals surface area contributed by atoms with Crippen molar-refractivity contribution in [3.05, 3.63) is 0 Å². The molecule has 6 atom stereocenters. The molecule has 3 saturated carbocycles. The summed E-state index contributed by atoms with van der Waals surface area (Å²) >= 11 is 0. The van der Waals surface area contributed by atoms with Crippen LogP contribution in [0, 0.1) is 29.6 Å². The van der Waals surface area contributed by atoms with Gasteiger partial charge in [-0.3, -0.25) is 10.1 Å². The molecule has 3 nitrogen and oxygen atoms in total. The molecule has 3 aliphatic carbocycles. The molecule has 0 aromatic heterocycles. The van der Waals surface area contributed by atoms with Crippen molar-refractivity contribution in [2.45, 2.75) is 71.1 Å². The van der Waals surface area contributed by atoms with Crippen LogP contribution in [0.5, 0.6) is 0 Å². The van der Waals surface area contributed by atoms with Gasteiger partial charge in [-0.2, -0.15) is 0 Å². The van der Waals surface area contributed by atoms with Crippen molar-refractivity contribution in [1.29, 1.82) is 0 Å². The molecule has 0 aromatic rings. The molecule has 2 bridgehead atoms. The lowest BCUT2D eigenvalue weighted by atomic mass is 10.0. The summed E-state index contributed by atoms with van der Waals surface area (Å²) in [6.45, 7) is 6.64. The van der Waals surface area contributed by atoms with Crippen molar-refractivity contribution in [1.82, 2.24) is 10.2 Å². The molecule has 20 heavy (non-hydrogen) atoms. The summed E-state index contributed by atoms with van der Waals surface area (Å²) in [6, 6.07) is 0.683. The van der Waals surface area contributed by atoms with Crippen LogP contribution in [0.25, 0.3) is 0 Å². The molecule has 4 fully saturated rings. The second kappa shape index (κ2) is 4.46. The van der Waals surface area contributed by atoms with E-state index in [0.717, 1.165) is 36.5 Å². The van der Waals surface area contributed by atoms with Crippen molar-refractivity contribution in [2.75, 3.05) is 0 Å². The summed E-state index contributed by atoms with van der Waals surface area (Å²) in [7, 11) is 0. The molecule has 1 saturated heterocycles. The lowest BCUT2D eigenvalue weighted by molar-refractivity contribution is -0.131. The molecule has 0 aromatic carbocycles. The quantitative estimate of drug-likeness (QED) is 0.856. The SMILES string of the molecule is CCC1NC(CC(C)C)C(=O)N1C1C2C3CCC(C3)C21. The molecule has 1 N–H and O–H groups in total. The fraction of sp³-hybridized carbons (Fsp3) is 0.941. The highest BCUT2D eigenvalue weighted by atomic mass is 16.2. The van der Waals surface area contributed by atoms with E-state index in [4.69, 9.17) is 0 Å². The van der Waals surface area contributed by atoms with E-state index in [0.29, 0.717) is 24.0 Å². The minimum Gasteiger partial charge on any atom is -0.322 e. The Morgan fingerprint density at radius 2 is 1.90 bits per heavy atom. The van der Waals surface area contributed by atoms with Gasteiger partial charge in [0, 0.05) is 6.04 Å². The van der Waals surface area contributed by atoms with E-state index >= 15 is 0 Å². The molecular formula is C17H28N2O. The highest BCUT2D eigenvalue weighted by Gasteiger charge is 2.69. The Labute approximate surface area is 122 Å². The highest BCUT2D eigenvalue weighted by Crippen LogP contribution is 2.67. The van der Waals surface area contributed by atoms with E-state index in [2.05, 4.69) is 31.0 Å². The summed E-state index contributed by atoms with van der Waals surface area (Å²) in [4.78, 5) is 15.1. The molecule has 112 valence electrons. The second-order valence-electron chi connectivity index (χ2n) is 8.00. The van der Waals surface area contributed by atoms with Crippen LogP contribution in [0.1, 0.15) is 52.9 Å². The van der Waals surface area contributed by atoms with Crippen molar-refractivity contribution in [3.8, 4) is 0 Å². The van der Waals surface area contributed by atoms with Gasteiger partial charge in [0.05, 0.1) is 12.2 Å². The van der Waals surface area contributed by atoms with Crippen molar-refractivity contribution in [2.24, 2.45) is 29.6 Å². The molecule has 4 rings (SSSR count). The maximum atomic E-state index is 12.8. The van der Waals surface area contributed by atoms with Crippen LogP contribution < -0.4 is 5.32 Å². The number of hydrogen-bond acceptors (Lipinski definition) is 2. The lowest BCUT2D eigenvalue weighted by Crippen LogP contribution is -2.40. The van der Waals surface area contributed by atoms with Gasteiger partial charge >= 0.3 is 0 Å². The Morgan fingerprint density at radius 3 is 2.45 bits per heavy atom. The van der Waals surface area contributed by atoms with E-state index in [1.165, 1.54) is 19.3 Å². The van der Waals surface area contributed by atoms with Crippen LogP contribution in [-0.4, -0.2) is 29.1 Å². The van der Waals surface area contributed by atoms with Crippen LogP contribution in [0.4, 0.5) is 0 Å². The third kappa shape index (κ3) is 1.71. The Kier molecular flexibility index (Phi) is 2.93. The normalized spacial score (nSPS) is 49.3. The summed E-state index contributed by atoms with van der Waals surface area (Å²) in [6.07, 6.45) is 6.68. The summed E-state index contributed by atoms with van der Waals surface area (Å²) in [5.41, 5.74) is 0. The predicted molar refractivity (Wildman–Crippen MR) is 78.9 cm³/mol. The average molecular weight is 276 g/mol. The fourth-order valence-electron chi connectivity index (χ4n) is 5.68. The lowest BCUT2D eigenvalue weighted by Gasteiger charge is -2.26. The average Bonchev–Trinajstić information content (AvgIpc) is 2.74. The number of nitrogens with zero attached hydrogens (tertiary/aromatic N) is 1. The number of hydrogen-bond donors (Lipinski definition) is 1. The van der Waals surface area contributed by atoms with Gasteiger partial charge in [0.15, 0.2) is 0 Å². The van der Waals surface area contributed by atoms with Crippen LogP contribution in [-0.2, 0) is 4.79 Å². The van der Waals surface area contributed by atoms with E-state index in [-0.39, 0.29) is 6.04 Å². The van der Waals surface area contributed by atoms with E-state index in [1.54, 1.807) is 0 Å². The van der Waals surface area contributed by atoms with Crippen LogP contribution in [0.2, 0.25) is 0 Å². The zero-order valence-electron chi connectivity index (χ0n) is 13.0. The third-order valence-electron chi connectivity index (χ3n) is 6.39. The molecule has 1 aliphatic heterocycles. The molecule has 1 heterocycles. The number of fused-ring (bicyclic) bond motifs is 5. The Balaban J connectivity index is 1.51. The maximum Gasteiger partial charge on any atom is 0.241 e. The molecule has 6 unspecified atom stereocenters. The minimum absolute atomic E-state index is 0.0823. The number of amides is 1. The van der Waals surface area contributed by atoms with Crippen LogP contribution >= 0.6 is 0 Å². The Hall–Kier alpha value is -0.570. The largest absolute Gasteiger partial charge is 0.322 e. The topological polar surface area (TPSA) is 32.3 Å². The van der Waals surface area contributed by atoms with E-state index in [9.17, 15) is 4.79 Å².